The van der Waals surface area contributed by atoms with Gasteiger partial charge in [0.1, 0.15) is 0 Å². The molecule has 1 amide bonds. The summed E-state index contributed by atoms with van der Waals surface area (Å²) in [5.41, 5.74) is -0.590. The molecule has 7 nitrogen and oxygen atoms in total. The molecule has 2 aliphatic rings. The van der Waals surface area contributed by atoms with Gasteiger partial charge in [0.15, 0.2) is 11.5 Å². The zero-order chi connectivity index (χ0) is 25.2. The molecular weight excluding hydrogens is 509 g/mol. The number of halogens is 4. The van der Waals surface area contributed by atoms with Gasteiger partial charge >= 0.3 is 6.18 Å². The molecule has 0 bridgehead atoms. The summed E-state index contributed by atoms with van der Waals surface area (Å²) in [6.45, 7) is 0.810. The van der Waals surface area contributed by atoms with Crippen LogP contribution < -0.4 is 9.47 Å². The van der Waals surface area contributed by atoms with E-state index in [1.807, 2.05) is 0 Å². The zero-order valence-electron chi connectivity index (χ0n) is 18.4. The monoisotopic (exact) mass is 530 g/mol. The largest absolute Gasteiger partial charge is 0.489 e. The number of sulfonamides is 1. The molecule has 4 rings (SSSR count). The molecule has 188 valence electrons. The molecule has 2 heterocycles. The summed E-state index contributed by atoms with van der Waals surface area (Å²) in [5.74, 6) is 0.582. The van der Waals surface area contributed by atoms with Gasteiger partial charge in [-0.05, 0) is 35.9 Å². The molecule has 1 fully saturated rings. The summed E-state index contributed by atoms with van der Waals surface area (Å²) in [6.07, 6.45) is -1.19. The average molecular weight is 531 g/mol. The Morgan fingerprint density at radius 2 is 1.71 bits per heavy atom. The normalized spacial score (nSPS) is 17.4. The number of nitrogens with zero attached hydrogens (tertiary/aromatic N) is 2. The fourth-order valence-electron chi connectivity index (χ4n) is 3.83. The zero-order valence-corrected chi connectivity index (χ0v) is 20.0. The summed E-state index contributed by atoms with van der Waals surface area (Å²) in [5, 5.41) is 0.356. The van der Waals surface area contributed by atoms with Crippen molar-refractivity contribution in [2.45, 2.75) is 17.5 Å². The molecule has 1 saturated heterocycles. The lowest BCUT2D eigenvalue weighted by Crippen LogP contribution is -2.50. The number of hydrogen-bond donors (Lipinski definition) is 0. The Morgan fingerprint density at radius 3 is 2.43 bits per heavy atom. The minimum absolute atomic E-state index is 0.0402. The summed E-state index contributed by atoms with van der Waals surface area (Å²) >= 11 is 6.27. The van der Waals surface area contributed by atoms with Crippen molar-refractivity contribution in [3.8, 4) is 11.5 Å². The van der Waals surface area contributed by atoms with E-state index in [9.17, 15) is 26.4 Å². The molecule has 35 heavy (non-hydrogen) atoms. The van der Waals surface area contributed by atoms with Gasteiger partial charge in [0.25, 0.3) is 0 Å². The molecule has 2 aromatic rings. The fraction of sp³-hybridized carbons (Fsp3) is 0.348. The first-order valence-electron chi connectivity index (χ1n) is 10.8. The van der Waals surface area contributed by atoms with E-state index < -0.39 is 26.7 Å². The number of fused-ring (bicyclic) bond motifs is 1. The number of carbonyl (C=O) groups excluding carboxylic acids is 1. The van der Waals surface area contributed by atoms with Gasteiger partial charge in [0, 0.05) is 38.7 Å². The van der Waals surface area contributed by atoms with E-state index in [1.54, 1.807) is 18.2 Å². The number of hydrogen-bond acceptors (Lipinski definition) is 5. The Labute approximate surface area is 205 Å². The SMILES string of the molecule is O=C(/C=C/c1cc(Cl)c2c(c1)OCCCO2)N1CCN(S(=O)(=O)c2ccccc2C(F)(F)F)CC1. The van der Waals surface area contributed by atoms with E-state index in [0.29, 0.717) is 35.3 Å². The number of piperazine rings is 1. The molecule has 0 spiro atoms. The Bertz CT molecular complexity index is 1240. The van der Waals surface area contributed by atoms with Crippen molar-refractivity contribution in [1.29, 1.82) is 0 Å². The van der Waals surface area contributed by atoms with E-state index in [0.717, 1.165) is 28.9 Å². The van der Waals surface area contributed by atoms with E-state index in [2.05, 4.69) is 0 Å². The second-order valence-corrected chi connectivity index (χ2v) is 10.3. The molecule has 0 atom stereocenters. The standard InChI is InChI=1S/C23H22ClF3N2O5S/c24-18-14-16(15-19-22(18)34-13-3-12-33-19)6-7-21(30)28-8-10-29(11-9-28)35(31,32)20-5-2-1-4-17(20)23(25,26)27/h1-2,4-7,14-15H,3,8-13H2/b7-6+. The van der Waals surface area contributed by atoms with E-state index >= 15 is 0 Å². The fourth-order valence-corrected chi connectivity index (χ4v) is 5.74. The van der Waals surface area contributed by atoms with Crippen LogP contribution in [0.3, 0.4) is 0 Å². The van der Waals surface area contributed by atoms with Crippen LogP contribution in [0.25, 0.3) is 6.08 Å². The predicted molar refractivity (Wildman–Crippen MR) is 123 cm³/mol. The van der Waals surface area contributed by atoms with Crippen LogP contribution in [0.15, 0.2) is 47.4 Å². The highest BCUT2D eigenvalue weighted by Gasteiger charge is 2.39. The van der Waals surface area contributed by atoms with Crippen LogP contribution in [0.5, 0.6) is 11.5 Å². The number of carbonyl (C=O) groups is 1. The van der Waals surface area contributed by atoms with Crippen LogP contribution in [-0.2, 0) is 21.0 Å². The van der Waals surface area contributed by atoms with Crippen LogP contribution in [0.2, 0.25) is 5.02 Å². The highest BCUT2D eigenvalue weighted by Crippen LogP contribution is 2.38. The van der Waals surface area contributed by atoms with Crippen LogP contribution in [0.1, 0.15) is 17.5 Å². The smallest absolute Gasteiger partial charge is 0.417 e. The van der Waals surface area contributed by atoms with Gasteiger partial charge in [-0.25, -0.2) is 8.42 Å². The maximum Gasteiger partial charge on any atom is 0.417 e. The Morgan fingerprint density at radius 1 is 1.03 bits per heavy atom. The molecule has 2 aromatic carbocycles. The van der Waals surface area contributed by atoms with Crippen LogP contribution in [0, 0.1) is 0 Å². The third-order valence-electron chi connectivity index (χ3n) is 5.60. The van der Waals surface area contributed by atoms with Crippen molar-refractivity contribution < 1.29 is 35.9 Å². The third-order valence-corrected chi connectivity index (χ3v) is 7.84. The Balaban J connectivity index is 1.42. The summed E-state index contributed by atoms with van der Waals surface area (Å²) in [6, 6.07) is 7.42. The minimum atomic E-state index is -4.80. The number of benzene rings is 2. The lowest BCUT2D eigenvalue weighted by atomic mass is 10.1. The molecule has 0 aliphatic carbocycles. The van der Waals surface area contributed by atoms with E-state index in [-0.39, 0.29) is 32.1 Å². The number of alkyl halides is 3. The van der Waals surface area contributed by atoms with Crippen molar-refractivity contribution in [3.63, 3.8) is 0 Å². The van der Waals surface area contributed by atoms with Gasteiger partial charge in [-0.1, -0.05) is 23.7 Å². The first kappa shape index (κ1) is 25.3. The Hall–Kier alpha value is -2.76. The van der Waals surface area contributed by atoms with Crippen LogP contribution in [-0.4, -0.2) is 62.9 Å². The number of rotatable bonds is 4. The average Bonchev–Trinajstić information content (AvgIpc) is 3.08. The number of ether oxygens (including phenoxy) is 2. The topological polar surface area (TPSA) is 76.2 Å². The lowest BCUT2D eigenvalue weighted by Gasteiger charge is -2.33. The lowest BCUT2D eigenvalue weighted by molar-refractivity contribution is -0.139. The van der Waals surface area contributed by atoms with Crippen molar-refractivity contribution in [3.05, 3.63) is 58.6 Å². The van der Waals surface area contributed by atoms with E-state index in [1.165, 1.54) is 17.0 Å². The highest BCUT2D eigenvalue weighted by molar-refractivity contribution is 7.89. The predicted octanol–water partition coefficient (Wildman–Crippen LogP) is 4.07. The van der Waals surface area contributed by atoms with Gasteiger partial charge in [-0.2, -0.15) is 17.5 Å². The summed E-state index contributed by atoms with van der Waals surface area (Å²) in [7, 11) is -4.38. The molecule has 12 heteroatoms. The van der Waals surface area contributed by atoms with Crippen LogP contribution >= 0.6 is 11.6 Å². The highest BCUT2D eigenvalue weighted by atomic mass is 35.5. The second kappa shape index (κ2) is 10.1. The third kappa shape index (κ3) is 5.57. The van der Waals surface area contributed by atoms with Gasteiger partial charge in [-0.3, -0.25) is 4.79 Å². The van der Waals surface area contributed by atoms with E-state index in [4.69, 9.17) is 21.1 Å². The maximum absolute atomic E-state index is 13.3. The van der Waals surface area contributed by atoms with Gasteiger partial charge in [0.05, 0.1) is 28.7 Å². The van der Waals surface area contributed by atoms with Crippen molar-refractivity contribution in [2.75, 3.05) is 39.4 Å². The quantitative estimate of drug-likeness (QED) is 0.557. The molecule has 2 aliphatic heterocycles. The molecular formula is C23H22ClF3N2O5S. The first-order chi connectivity index (χ1) is 16.6. The van der Waals surface area contributed by atoms with Gasteiger partial charge < -0.3 is 14.4 Å². The second-order valence-electron chi connectivity index (χ2n) is 7.94. The number of amides is 1. The maximum atomic E-state index is 13.3. The summed E-state index contributed by atoms with van der Waals surface area (Å²) in [4.78, 5) is 13.3. The molecule has 0 unspecified atom stereocenters. The molecule has 0 N–H and O–H groups in total. The van der Waals surface area contributed by atoms with Gasteiger partial charge in [-0.15, -0.1) is 0 Å². The summed E-state index contributed by atoms with van der Waals surface area (Å²) < 4.78 is 77.9. The van der Waals surface area contributed by atoms with Crippen molar-refractivity contribution >= 4 is 33.6 Å². The molecule has 0 saturated carbocycles. The van der Waals surface area contributed by atoms with Gasteiger partial charge in [0.2, 0.25) is 15.9 Å². The van der Waals surface area contributed by atoms with Crippen molar-refractivity contribution in [1.82, 2.24) is 9.21 Å². The molecule has 0 aromatic heterocycles. The Kier molecular flexibility index (Phi) is 7.30. The minimum Gasteiger partial charge on any atom is -0.489 e. The van der Waals surface area contributed by atoms with Crippen molar-refractivity contribution in [2.24, 2.45) is 0 Å². The first-order valence-corrected chi connectivity index (χ1v) is 12.6. The van der Waals surface area contributed by atoms with Crippen LogP contribution in [0.4, 0.5) is 13.2 Å². The molecule has 0 radical (unpaired) electrons.